The second kappa shape index (κ2) is 3.93. The Morgan fingerprint density at radius 1 is 1.55 bits per heavy atom. The molecule has 0 radical (unpaired) electrons. The molecule has 0 heterocycles. The normalized spacial score (nSPS) is 14.3. The Morgan fingerprint density at radius 2 is 2.00 bits per heavy atom. The van der Waals surface area contributed by atoms with Crippen molar-refractivity contribution in [2.45, 2.75) is 39.3 Å². The highest BCUT2D eigenvalue weighted by Gasteiger charge is 2.20. The lowest BCUT2D eigenvalue weighted by atomic mass is 10.2. The van der Waals surface area contributed by atoms with Crippen molar-refractivity contribution in [3.63, 3.8) is 0 Å². The summed E-state index contributed by atoms with van der Waals surface area (Å²) in [5.74, 6) is -0.340. The molecule has 0 rings (SSSR count). The van der Waals surface area contributed by atoms with E-state index in [-0.39, 0.29) is 5.97 Å². The summed E-state index contributed by atoms with van der Waals surface area (Å²) in [5, 5.41) is 0. The van der Waals surface area contributed by atoms with Gasteiger partial charge in [0.15, 0.2) is 0 Å². The predicted molar refractivity (Wildman–Crippen MR) is 44.3 cm³/mol. The molecule has 1 N–H and O–H groups in total. The number of hydrogen-bond donors (Lipinski definition) is 1. The van der Waals surface area contributed by atoms with Crippen LogP contribution in [0.1, 0.15) is 27.7 Å². The summed E-state index contributed by atoms with van der Waals surface area (Å²) in [6.45, 7) is 7.07. The molecule has 0 aliphatic rings. The second-order valence-corrected chi connectivity index (χ2v) is 3.58. The zero-order chi connectivity index (χ0) is 9.07. The van der Waals surface area contributed by atoms with Crippen LogP contribution in [0.5, 0.6) is 0 Å². The summed E-state index contributed by atoms with van der Waals surface area (Å²) in [6, 6.07) is -0.462. The number of hydrogen-bond acceptors (Lipinski definition) is 3. The van der Waals surface area contributed by atoms with Crippen molar-refractivity contribution in [2.75, 3.05) is 0 Å². The molecule has 0 bridgehead atoms. The smallest absolute Gasteiger partial charge is 0.324 e. The van der Waals surface area contributed by atoms with Gasteiger partial charge in [0.1, 0.15) is 11.6 Å². The first kappa shape index (κ1) is 10.7. The number of rotatable bonds is 2. The van der Waals surface area contributed by atoms with Crippen LogP contribution in [0, 0.1) is 0 Å². The molecule has 0 aromatic rings. The fourth-order valence-corrected chi connectivity index (χ4v) is 0.524. The summed E-state index contributed by atoms with van der Waals surface area (Å²) >= 11 is 5.22. The van der Waals surface area contributed by atoms with Crippen molar-refractivity contribution in [3.05, 3.63) is 0 Å². The third kappa shape index (κ3) is 5.04. The van der Waals surface area contributed by atoms with E-state index in [2.05, 4.69) is 4.84 Å². The monoisotopic (exact) mass is 179 g/mol. The Labute approximate surface area is 72.2 Å². The minimum Gasteiger partial charge on any atom is -0.459 e. The van der Waals surface area contributed by atoms with E-state index in [4.69, 9.17) is 16.5 Å². The fraction of sp³-hybridized carbons (Fsp3) is 0.857. The summed E-state index contributed by atoms with van der Waals surface area (Å²) in [6.07, 6.45) is 0. The number of carbonyl (C=O) groups excluding carboxylic acids is 1. The van der Waals surface area contributed by atoms with Gasteiger partial charge in [-0.2, -0.15) is 0 Å². The SMILES string of the molecule is C[C@@H](NCl)C(=O)OC(C)(C)C. The van der Waals surface area contributed by atoms with Crippen LogP contribution < -0.4 is 4.84 Å². The molecule has 0 saturated carbocycles. The van der Waals surface area contributed by atoms with Gasteiger partial charge in [-0.1, -0.05) is 0 Å². The number of esters is 1. The molecular weight excluding hydrogens is 166 g/mol. The van der Waals surface area contributed by atoms with E-state index in [1.165, 1.54) is 0 Å². The first-order chi connectivity index (χ1) is 4.87. The lowest BCUT2D eigenvalue weighted by molar-refractivity contribution is -0.156. The Bertz CT molecular complexity index is 142. The molecule has 0 aromatic carbocycles. The average molecular weight is 180 g/mol. The van der Waals surface area contributed by atoms with Crippen LogP contribution in [0.2, 0.25) is 0 Å². The largest absolute Gasteiger partial charge is 0.459 e. The van der Waals surface area contributed by atoms with E-state index >= 15 is 0 Å². The van der Waals surface area contributed by atoms with Crippen molar-refractivity contribution >= 4 is 17.7 Å². The molecular formula is C7H14ClNO2. The van der Waals surface area contributed by atoms with Gasteiger partial charge in [0, 0.05) is 0 Å². The van der Waals surface area contributed by atoms with Gasteiger partial charge in [-0.15, -0.1) is 0 Å². The first-order valence-electron chi connectivity index (χ1n) is 3.46. The third-order valence-corrected chi connectivity index (χ3v) is 1.25. The standard InChI is InChI=1S/C7H14ClNO2/c1-5(9-8)6(10)11-7(2,3)4/h5,9H,1-4H3/t5-/m1/s1. The summed E-state index contributed by atoms with van der Waals surface area (Å²) < 4.78 is 5.00. The maximum Gasteiger partial charge on any atom is 0.324 e. The molecule has 3 nitrogen and oxygen atoms in total. The van der Waals surface area contributed by atoms with Gasteiger partial charge in [0.05, 0.1) is 0 Å². The van der Waals surface area contributed by atoms with E-state index < -0.39 is 11.6 Å². The highest BCUT2D eigenvalue weighted by atomic mass is 35.5. The van der Waals surface area contributed by atoms with Crippen molar-refractivity contribution in [3.8, 4) is 0 Å². The second-order valence-electron chi connectivity index (χ2n) is 3.36. The van der Waals surface area contributed by atoms with Crippen LogP contribution >= 0.6 is 11.8 Å². The van der Waals surface area contributed by atoms with E-state index in [0.717, 1.165) is 0 Å². The molecule has 11 heavy (non-hydrogen) atoms. The lowest BCUT2D eigenvalue weighted by Gasteiger charge is -2.21. The van der Waals surface area contributed by atoms with Crippen LogP contribution in [0.3, 0.4) is 0 Å². The van der Waals surface area contributed by atoms with Gasteiger partial charge >= 0.3 is 5.97 Å². The Kier molecular flexibility index (Phi) is 3.83. The maximum atomic E-state index is 11.0. The molecule has 66 valence electrons. The number of halogens is 1. The topological polar surface area (TPSA) is 38.3 Å². The van der Waals surface area contributed by atoms with Gasteiger partial charge in [-0.25, -0.2) is 4.84 Å². The van der Waals surface area contributed by atoms with E-state index in [1.807, 2.05) is 20.8 Å². The molecule has 4 heteroatoms. The molecule has 0 saturated heterocycles. The zero-order valence-corrected chi connectivity index (χ0v) is 8.03. The molecule has 0 aromatic heterocycles. The van der Waals surface area contributed by atoms with Gasteiger partial charge in [-0.05, 0) is 39.5 Å². The molecule has 0 aliphatic heterocycles. The van der Waals surface area contributed by atoms with Crippen LogP contribution in [0.4, 0.5) is 0 Å². The minimum absolute atomic E-state index is 0.340. The van der Waals surface area contributed by atoms with Crippen LogP contribution in [0.25, 0.3) is 0 Å². The van der Waals surface area contributed by atoms with Crippen LogP contribution in [-0.2, 0) is 9.53 Å². The molecule has 0 spiro atoms. The molecule has 0 fully saturated rings. The molecule has 1 atom stereocenters. The van der Waals surface area contributed by atoms with Gasteiger partial charge in [0.2, 0.25) is 0 Å². The quantitative estimate of drug-likeness (QED) is 0.515. The first-order valence-corrected chi connectivity index (χ1v) is 3.83. The Balaban J connectivity index is 3.88. The third-order valence-electron chi connectivity index (χ3n) is 0.924. The van der Waals surface area contributed by atoms with E-state index in [0.29, 0.717) is 0 Å². The average Bonchev–Trinajstić information content (AvgIpc) is 1.82. The van der Waals surface area contributed by atoms with Crippen LogP contribution in [0.15, 0.2) is 0 Å². The minimum atomic E-state index is -0.462. The zero-order valence-electron chi connectivity index (χ0n) is 7.27. The fourth-order valence-electron chi connectivity index (χ4n) is 0.435. The summed E-state index contributed by atoms with van der Waals surface area (Å²) in [5.41, 5.74) is -0.445. The van der Waals surface area contributed by atoms with Crippen LogP contribution in [-0.4, -0.2) is 17.6 Å². The predicted octanol–water partition coefficient (Wildman–Crippen LogP) is 1.46. The number of nitrogens with one attached hydrogen (secondary N) is 1. The van der Waals surface area contributed by atoms with E-state index in [1.54, 1.807) is 6.92 Å². The van der Waals surface area contributed by atoms with E-state index in [9.17, 15) is 4.79 Å². The van der Waals surface area contributed by atoms with Crippen molar-refractivity contribution in [2.24, 2.45) is 0 Å². The van der Waals surface area contributed by atoms with Gasteiger partial charge in [-0.3, -0.25) is 4.79 Å². The Morgan fingerprint density at radius 3 is 2.27 bits per heavy atom. The van der Waals surface area contributed by atoms with Crippen molar-refractivity contribution in [1.29, 1.82) is 0 Å². The number of carbonyl (C=O) groups is 1. The van der Waals surface area contributed by atoms with Gasteiger partial charge < -0.3 is 4.74 Å². The van der Waals surface area contributed by atoms with Gasteiger partial charge in [0.25, 0.3) is 0 Å². The summed E-state index contributed by atoms with van der Waals surface area (Å²) in [4.78, 5) is 13.3. The summed E-state index contributed by atoms with van der Waals surface area (Å²) in [7, 11) is 0. The van der Waals surface area contributed by atoms with Crippen molar-refractivity contribution < 1.29 is 9.53 Å². The maximum absolute atomic E-state index is 11.0. The highest BCUT2D eigenvalue weighted by Crippen LogP contribution is 2.08. The van der Waals surface area contributed by atoms with Crippen molar-refractivity contribution in [1.82, 2.24) is 4.84 Å². The highest BCUT2D eigenvalue weighted by molar-refractivity contribution is 6.14. The molecule has 0 unspecified atom stereocenters. The Hall–Kier alpha value is -0.280. The molecule has 0 amide bonds. The number of ether oxygens (including phenoxy) is 1. The molecule has 0 aliphatic carbocycles. The lowest BCUT2D eigenvalue weighted by Crippen LogP contribution is -2.35.